The van der Waals surface area contributed by atoms with Crippen LogP contribution in [-0.2, 0) is 32.6 Å². The molecule has 0 heterocycles. The molecule has 0 aliphatic rings. The predicted octanol–water partition coefficient (Wildman–Crippen LogP) is 6.01. The molecule has 0 spiro atoms. The molecule has 0 aromatic heterocycles. The summed E-state index contributed by atoms with van der Waals surface area (Å²) in [6.45, 7) is 5.10. The van der Waals surface area contributed by atoms with E-state index in [1.807, 2.05) is 63.2 Å². The minimum absolute atomic E-state index is 0.0510. The van der Waals surface area contributed by atoms with Gasteiger partial charge in [0.05, 0.1) is 10.6 Å². The van der Waals surface area contributed by atoms with Gasteiger partial charge < -0.3 is 10.2 Å². The van der Waals surface area contributed by atoms with Gasteiger partial charge in [0.25, 0.3) is 10.0 Å². The van der Waals surface area contributed by atoms with Crippen LogP contribution >= 0.6 is 11.6 Å². The van der Waals surface area contributed by atoms with Gasteiger partial charge in [-0.1, -0.05) is 84.4 Å². The number of aryl methyl sites for hydroxylation is 1. The normalized spacial score (nSPS) is 12.0. The zero-order valence-corrected chi connectivity index (χ0v) is 26.1. The van der Waals surface area contributed by atoms with Crippen molar-refractivity contribution in [3.8, 4) is 0 Å². The number of benzene rings is 4. The Bertz CT molecular complexity index is 1650. The van der Waals surface area contributed by atoms with E-state index in [4.69, 9.17) is 11.6 Å². The summed E-state index contributed by atoms with van der Waals surface area (Å²) in [5.74, 6) is -0.858. The molecule has 1 N–H and O–H groups in total. The lowest BCUT2D eigenvalue weighted by atomic mass is 10.0. The van der Waals surface area contributed by atoms with Crippen molar-refractivity contribution in [2.24, 2.45) is 0 Å². The lowest BCUT2D eigenvalue weighted by molar-refractivity contribution is -0.140. The second-order valence-electron chi connectivity index (χ2n) is 10.7. The Kier molecular flexibility index (Phi) is 10.6. The first-order valence-corrected chi connectivity index (χ1v) is 15.9. The fourth-order valence-electron chi connectivity index (χ4n) is 4.80. The molecule has 0 aliphatic carbocycles. The van der Waals surface area contributed by atoms with Gasteiger partial charge in [0, 0.05) is 24.0 Å². The molecule has 0 bridgehead atoms. The second-order valence-corrected chi connectivity index (χ2v) is 13.0. The van der Waals surface area contributed by atoms with Gasteiger partial charge in [-0.05, 0) is 73.9 Å². The number of amides is 2. The van der Waals surface area contributed by atoms with Crippen LogP contribution in [0.4, 0.5) is 5.69 Å². The van der Waals surface area contributed by atoms with E-state index in [9.17, 15) is 18.0 Å². The number of hydrogen-bond acceptors (Lipinski definition) is 4. The van der Waals surface area contributed by atoms with E-state index in [2.05, 4.69) is 5.32 Å². The van der Waals surface area contributed by atoms with E-state index in [0.717, 1.165) is 15.4 Å². The van der Waals surface area contributed by atoms with Gasteiger partial charge in [-0.25, -0.2) is 8.42 Å². The van der Waals surface area contributed by atoms with Crippen LogP contribution in [0.5, 0.6) is 0 Å². The average molecular weight is 618 g/mol. The first kappa shape index (κ1) is 31.8. The zero-order chi connectivity index (χ0) is 31.0. The van der Waals surface area contributed by atoms with Crippen molar-refractivity contribution >= 4 is 39.1 Å². The summed E-state index contributed by atoms with van der Waals surface area (Å²) < 4.78 is 29.1. The zero-order valence-electron chi connectivity index (χ0n) is 24.5. The largest absolute Gasteiger partial charge is 0.352 e. The van der Waals surface area contributed by atoms with E-state index in [1.165, 1.54) is 17.0 Å². The van der Waals surface area contributed by atoms with Crippen LogP contribution in [0.25, 0.3) is 0 Å². The van der Waals surface area contributed by atoms with Crippen molar-refractivity contribution in [2.75, 3.05) is 10.8 Å². The Balaban J connectivity index is 1.80. The summed E-state index contributed by atoms with van der Waals surface area (Å²) >= 11 is 6.29. The smallest absolute Gasteiger partial charge is 0.264 e. The van der Waals surface area contributed by atoms with E-state index in [-0.39, 0.29) is 29.8 Å². The Labute approximate surface area is 259 Å². The van der Waals surface area contributed by atoms with E-state index in [0.29, 0.717) is 16.3 Å². The Hall–Kier alpha value is -4.14. The lowest BCUT2D eigenvalue weighted by Gasteiger charge is -2.34. The van der Waals surface area contributed by atoms with E-state index in [1.54, 1.807) is 54.6 Å². The quantitative estimate of drug-likeness (QED) is 0.211. The number of hydrogen-bond donors (Lipinski definition) is 1. The minimum atomic E-state index is -4.14. The summed E-state index contributed by atoms with van der Waals surface area (Å²) in [5.41, 5.74) is 2.77. The highest BCUT2D eigenvalue weighted by atomic mass is 35.5. The Morgan fingerprint density at radius 1 is 0.814 bits per heavy atom. The number of sulfonamides is 1. The number of rotatable bonds is 12. The molecule has 43 heavy (non-hydrogen) atoms. The topological polar surface area (TPSA) is 86.8 Å². The molecule has 0 saturated carbocycles. The van der Waals surface area contributed by atoms with Crippen LogP contribution in [0, 0.1) is 6.92 Å². The maximum absolute atomic E-state index is 14.4. The summed E-state index contributed by atoms with van der Waals surface area (Å²) in [6.07, 6.45) is 0.238. The van der Waals surface area contributed by atoms with Crippen LogP contribution < -0.4 is 9.62 Å². The van der Waals surface area contributed by atoms with Crippen molar-refractivity contribution in [3.63, 3.8) is 0 Å². The van der Waals surface area contributed by atoms with Crippen molar-refractivity contribution in [3.05, 3.63) is 131 Å². The summed E-state index contributed by atoms with van der Waals surface area (Å²) in [4.78, 5) is 29.6. The Morgan fingerprint density at radius 2 is 1.44 bits per heavy atom. The molecule has 224 valence electrons. The number of carbonyl (C=O) groups is 2. The van der Waals surface area contributed by atoms with Gasteiger partial charge in [-0.2, -0.15) is 0 Å². The molecule has 4 aromatic rings. The summed E-state index contributed by atoms with van der Waals surface area (Å²) in [7, 11) is -4.14. The molecular formula is C34H36ClN3O4S. The van der Waals surface area contributed by atoms with Crippen LogP contribution in [0.15, 0.2) is 114 Å². The number of carbonyl (C=O) groups excluding carboxylic acids is 2. The molecule has 2 amide bonds. The molecule has 0 radical (unpaired) electrons. The summed E-state index contributed by atoms with van der Waals surface area (Å²) in [6, 6.07) is 30.4. The molecule has 0 unspecified atom stereocenters. The van der Waals surface area contributed by atoms with Crippen molar-refractivity contribution < 1.29 is 18.0 Å². The van der Waals surface area contributed by atoms with Gasteiger partial charge >= 0.3 is 0 Å². The molecule has 1 atom stereocenters. The maximum Gasteiger partial charge on any atom is 0.264 e. The average Bonchev–Trinajstić information content (AvgIpc) is 2.98. The molecule has 0 saturated heterocycles. The first-order valence-electron chi connectivity index (χ1n) is 14.1. The van der Waals surface area contributed by atoms with Gasteiger partial charge in [-0.3, -0.25) is 13.9 Å². The van der Waals surface area contributed by atoms with Crippen LogP contribution in [0.3, 0.4) is 0 Å². The van der Waals surface area contributed by atoms with Crippen LogP contribution in [0.2, 0.25) is 5.02 Å². The molecule has 4 aromatic carbocycles. The third-order valence-electron chi connectivity index (χ3n) is 6.84. The molecule has 7 nitrogen and oxygen atoms in total. The van der Waals surface area contributed by atoms with Crippen molar-refractivity contribution in [1.29, 1.82) is 0 Å². The van der Waals surface area contributed by atoms with Crippen molar-refractivity contribution in [2.45, 2.75) is 50.7 Å². The fraction of sp³-hybridized carbons (Fsp3) is 0.235. The number of halogens is 1. The highest BCUT2D eigenvalue weighted by Gasteiger charge is 2.34. The molecular weight excluding hydrogens is 582 g/mol. The fourth-order valence-corrected chi connectivity index (χ4v) is 6.44. The van der Waals surface area contributed by atoms with Crippen LogP contribution in [0.1, 0.15) is 30.5 Å². The third kappa shape index (κ3) is 8.46. The van der Waals surface area contributed by atoms with Crippen LogP contribution in [-0.4, -0.2) is 43.8 Å². The number of nitrogens with zero attached hydrogens (tertiary/aromatic N) is 2. The Morgan fingerprint density at radius 3 is 2.07 bits per heavy atom. The number of anilines is 1. The van der Waals surface area contributed by atoms with Gasteiger partial charge in [-0.15, -0.1) is 0 Å². The highest BCUT2D eigenvalue weighted by molar-refractivity contribution is 7.92. The van der Waals surface area contributed by atoms with E-state index < -0.39 is 28.5 Å². The highest BCUT2D eigenvalue weighted by Crippen LogP contribution is 2.26. The lowest BCUT2D eigenvalue weighted by Crippen LogP contribution is -2.54. The molecule has 0 fully saturated rings. The molecule has 9 heteroatoms. The van der Waals surface area contributed by atoms with Crippen molar-refractivity contribution in [1.82, 2.24) is 10.2 Å². The minimum Gasteiger partial charge on any atom is -0.352 e. The summed E-state index contributed by atoms with van der Waals surface area (Å²) in [5, 5.41) is 3.44. The number of nitrogens with one attached hydrogen (secondary N) is 1. The first-order chi connectivity index (χ1) is 20.5. The standard InChI is InChI=1S/C34H36ClN3O4S/c1-25(2)36-34(40)32(22-27-13-6-4-7-14-27)37(23-28-15-11-16-29(35)21-28)33(39)24-38(30-17-10-12-26(3)20-30)43(41,42)31-18-8-5-9-19-31/h4-21,25,32H,22-24H2,1-3H3,(H,36,40)/t32-/m1/s1. The monoisotopic (exact) mass is 617 g/mol. The third-order valence-corrected chi connectivity index (χ3v) is 8.87. The molecule has 4 rings (SSSR count). The second kappa shape index (κ2) is 14.4. The van der Waals surface area contributed by atoms with Gasteiger partial charge in [0.1, 0.15) is 12.6 Å². The predicted molar refractivity (Wildman–Crippen MR) is 171 cm³/mol. The van der Waals surface area contributed by atoms with Gasteiger partial charge in [0.2, 0.25) is 11.8 Å². The van der Waals surface area contributed by atoms with E-state index >= 15 is 0 Å². The molecule has 0 aliphatic heterocycles. The maximum atomic E-state index is 14.4. The van der Waals surface area contributed by atoms with Gasteiger partial charge in [0.15, 0.2) is 0 Å². The SMILES string of the molecule is Cc1cccc(N(CC(=O)N(Cc2cccc(Cl)c2)[C@H](Cc2ccccc2)C(=O)NC(C)C)S(=O)(=O)c2ccccc2)c1.